The van der Waals surface area contributed by atoms with Crippen molar-refractivity contribution >= 4 is 0 Å². The van der Waals surface area contributed by atoms with E-state index >= 15 is 0 Å². The Morgan fingerprint density at radius 3 is 2.67 bits per heavy atom. The largest absolute Gasteiger partial charge is 0.490 e. The van der Waals surface area contributed by atoms with Gasteiger partial charge in [0.1, 0.15) is 31.0 Å². The predicted octanol–water partition coefficient (Wildman–Crippen LogP) is 0.0690. The van der Waals surface area contributed by atoms with Crippen LogP contribution in [-0.2, 0) is 0 Å². The van der Waals surface area contributed by atoms with Crippen molar-refractivity contribution < 1.29 is 20.3 Å². The molecule has 1 aromatic rings. The van der Waals surface area contributed by atoms with E-state index in [4.69, 9.17) is 9.84 Å². The summed E-state index contributed by atoms with van der Waals surface area (Å²) < 4.78 is 5.57. The fourth-order valence-electron chi connectivity index (χ4n) is 1.69. The van der Waals surface area contributed by atoms with Gasteiger partial charge in [0.25, 0.3) is 0 Å². The van der Waals surface area contributed by atoms with E-state index in [9.17, 15) is 5.11 Å². The average molecular weight is 254 g/mol. The van der Waals surface area contributed by atoms with E-state index in [0.717, 1.165) is 17.7 Å². The topological polar surface area (TPSA) is 66.3 Å². The van der Waals surface area contributed by atoms with E-state index in [1.807, 2.05) is 43.4 Å². The van der Waals surface area contributed by atoms with Gasteiger partial charge in [-0.2, -0.15) is 0 Å². The van der Waals surface area contributed by atoms with Crippen LogP contribution in [0.2, 0.25) is 0 Å². The number of benzene rings is 1. The summed E-state index contributed by atoms with van der Waals surface area (Å²) in [6, 6.07) is 7.92. The lowest BCUT2D eigenvalue weighted by molar-refractivity contribution is -0.696. The Morgan fingerprint density at radius 2 is 2.06 bits per heavy atom. The van der Waals surface area contributed by atoms with Crippen molar-refractivity contribution in [2.45, 2.75) is 32.4 Å². The molecule has 4 N–H and O–H groups in total. The molecular formula is C14H24NO3+. The van der Waals surface area contributed by atoms with Crippen LogP contribution in [0.1, 0.15) is 18.9 Å². The molecule has 0 radical (unpaired) electrons. The number of rotatable bonds is 8. The van der Waals surface area contributed by atoms with Crippen molar-refractivity contribution in [3.63, 3.8) is 0 Å². The van der Waals surface area contributed by atoms with Crippen molar-refractivity contribution in [1.82, 2.24) is 0 Å². The fraction of sp³-hybridized carbons (Fsp3) is 0.571. The van der Waals surface area contributed by atoms with Crippen molar-refractivity contribution in [3.8, 4) is 5.75 Å². The molecule has 0 aliphatic rings. The van der Waals surface area contributed by atoms with Crippen molar-refractivity contribution in [3.05, 3.63) is 29.8 Å². The summed E-state index contributed by atoms with van der Waals surface area (Å²) in [5, 5.41) is 20.8. The van der Waals surface area contributed by atoms with Crippen LogP contribution in [0, 0.1) is 6.92 Å². The number of nitrogens with two attached hydrogens (primary N) is 1. The Bertz CT molecular complexity index is 340. The SMILES string of the molecule is CC[C@H](CO)[NH2+]C[C@@H](O)COc1ccccc1C. The number of aliphatic hydroxyl groups excluding tert-OH is 2. The minimum absolute atomic E-state index is 0.141. The first-order chi connectivity index (χ1) is 8.67. The van der Waals surface area contributed by atoms with Gasteiger partial charge < -0.3 is 20.3 Å². The van der Waals surface area contributed by atoms with Crippen LogP contribution < -0.4 is 10.1 Å². The van der Waals surface area contributed by atoms with Crippen LogP contribution >= 0.6 is 0 Å². The maximum Gasteiger partial charge on any atom is 0.137 e. The van der Waals surface area contributed by atoms with Crippen LogP contribution in [0.4, 0.5) is 0 Å². The monoisotopic (exact) mass is 254 g/mol. The van der Waals surface area contributed by atoms with E-state index in [1.165, 1.54) is 0 Å². The summed E-state index contributed by atoms with van der Waals surface area (Å²) in [6.45, 7) is 4.97. The molecule has 0 aliphatic carbocycles. The molecule has 0 saturated heterocycles. The number of para-hydroxylation sites is 1. The molecule has 0 aliphatic heterocycles. The minimum Gasteiger partial charge on any atom is -0.490 e. The van der Waals surface area contributed by atoms with Crippen molar-refractivity contribution in [1.29, 1.82) is 0 Å². The lowest BCUT2D eigenvalue weighted by atomic mass is 10.2. The zero-order valence-electron chi connectivity index (χ0n) is 11.2. The summed E-state index contributed by atoms with van der Waals surface area (Å²) in [5.41, 5.74) is 1.07. The molecule has 0 heterocycles. The van der Waals surface area contributed by atoms with Gasteiger partial charge in [-0.1, -0.05) is 25.1 Å². The Hall–Kier alpha value is -1.10. The summed E-state index contributed by atoms with van der Waals surface area (Å²) >= 11 is 0. The lowest BCUT2D eigenvalue weighted by Gasteiger charge is -2.15. The zero-order valence-corrected chi connectivity index (χ0v) is 11.2. The molecule has 4 heteroatoms. The molecule has 0 unspecified atom stereocenters. The fourth-order valence-corrected chi connectivity index (χ4v) is 1.69. The van der Waals surface area contributed by atoms with Crippen LogP contribution in [0.5, 0.6) is 5.75 Å². The van der Waals surface area contributed by atoms with Crippen LogP contribution in [0.3, 0.4) is 0 Å². The van der Waals surface area contributed by atoms with Crippen molar-refractivity contribution in [2.75, 3.05) is 19.8 Å². The lowest BCUT2D eigenvalue weighted by Crippen LogP contribution is -2.92. The molecule has 2 atom stereocenters. The van der Waals surface area contributed by atoms with Gasteiger partial charge in [-0.25, -0.2) is 0 Å². The van der Waals surface area contributed by atoms with Gasteiger partial charge in [0.15, 0.2) is 0 Å². The number of aliphatic hydroxyl groups is 2. The van der Waals surface area contributed by atoms with Crippen LogP contribution in [0.25, 0.3) is 0 Å². The number of hydrogen-bond acceptors (Lipinski definition) is 3. The van der Waals surface area contributed by atoms with Gasteiger partial charge in [-0.05, 0) is 25.0 Å². The van der Waals surface area contributed by atoms with Gasteiger partial charge in [0.05, 0.1) is 6.61 Å². The molecule has 1 rings (SSSR count). The molecule has 0 bridgehead atoms. The Balaban J connectivity index is 2.29. The molecule has 0 spiro atoms. The third-order valence-corrected chi connectivity index (χ3v) is 3.03. The zero-order chi connectivity index (χ0) is 13.4. The summed E-state index contributed by atoms with van der Waals surface area (Å²) in [6.07, 6.45) is 0.368. The third-order valence-electron chi connectivity index (χ3n) is 3.03. The molecule has 0 aromatic heterocycles. The summed E-state index contributed by atoms with van der Waals surface area (Å²) in [7, 11) is 0. The van der Waals surface area contributed by atoms with Gasteiger partial charge in [0, 0.05) is 0 Å². The van der Waals surface area contributed by atoms with E-state index in [-0.39, 0.29) is 19.3 Å². The standard InChI is InChI=1S/C14H23NO3/c1-3-12(9-16)15-8-13(17)10-18-14-7-5-4-6-11(14)2/h4-7,12-13,15-17H,3,8-10H2,1-2H3/p+1/t12-,13-/m1/s1. The van der Waals surface area contributed by atoms with E-state index < -0.39 is 6.10 Å². The smallest absolute Gasteiger partial charge is 0.137 e. The molecular weight excluding hydrogens is 230 g/mol. The number of hydrogen-bond donors (Lipinski definition) is 3. The second-order valence-electron chi connectivity index (χ2n) is 4.55. The van der Waals surface area contributed by atoms with E-state index in [2.05, 4.69) is 0 Å². The second-order valence-corrected chi connectivity index (χ2v) is 4.55. The highest BCUT2D eigenvalue weighted by atomic mass is 16.5. The first-order valence-electron chi connectivity index (χ1n) is 6.48. The predicted molar refractivity (Wildman–Crippen MR) is 70.6 cm³/mol. The average Bonchev–Trinajstić information content (AvgIpc) is 2.39. The summed E-state index contributed by atoms with van der Waals surface area (Å²) in [4.78, 5) is 0. The molecule has 1 aromatic carbocycles. The van der Waals surface area contributed by atoms with Crippen LogP contribution in [0.15, 0.2) is 24.3 Å². The van der Waals surface area contributed by atoms with E-state index in [0.29, 0.717) is 6.54 Å². The highest BCUT2D eigenvalue weighted by Gasteiger charge is 2.12. The molecule has 4 nitrogen and oxygen atoms in total. The normalized spacial score (nSPS) is 14.2. The first-order valence-corrected chi connectivity index (χ1v) is 6.48. The summed E-state index contributed by atoms with van der Waals surface area (Å²) in [5.74, 6) is 0.811. The van der Waals surface area contributed by atoms with Gasteiger partial charge in [0.2, 0.25) is 0 Å². The first kappa shape index (κ1) is 15.0. The maximum atomic E-state index is 9.80. The Morgan fingerprint density at radius 1 is 1.33 bits per heavy atom. The quantitative estimate of drug-likeness (QED) is 0.615. The number of aryl methyl sites for hydroxylation is 1. The van der Waals surface area contributed by atoms with Crippen LogP contribution in [-0.4, -0.2) is 42.1 Å². The van der Waals surface area contributed by atoms with Gasteiger partial charge >= 0.3 is 0 Å². The van der Waals surface area contributed by atoms with Crippen molar-refractivity contribution in [2.24, 2.45) is 0 Å². The minimum atomic E-state index is -0.523. The Labute approximate surface area is 109 Å². The van der Waals surface area contributed by atoms with Gasteiger partial charge in [-0.15, -0.1) is 0 Å². The number of quaternary nitrogens is 1. The molecule has 0 saturated carbocycles. The molecule has 102 valence electrons. The third kappa shape index (κ3) is 5.04. The Kier molecular flexibility index (Phi) is 6.72. The molecule has 0 fully saturated rings. The highest BCUT2D eigenvalue weighted by molar-refractivity contribution is 5.31. The van der Waals surface area contributed by atoms with Gasteiger partial charge in [-0.3, -0.25) is 0 Å². The second kappa shape index (κ2) is 8.08. The molecule has 0 amide bonds. The highest BCUT2D eigenvalue weighted by Crippen LogP contribution is 2.15. The number of ether oxygens (including phenoxy) is 1. The maximum absolute atomic E-state index is 9.80. The molecule has 18 heavy (non-hydrogen) atoms. The van der Waals surface area contributed by atoms with E-state index in [1.54, 1.807) is 0 Å².